The summed E-state index contributed by atoms with van der Waals surface area (Å²) in [6.45, 7) is 8.68. The Morgan fingerprint density at radius 1 is 0.326 bits per heavy atom. The van der Waals surface area contributed by atoms with E-state index in [-0.39, 0.29) is 0 Å². The lowest BCUT2D eigenvalue weighted by Gasteiger charge is -2.53. The Kier molecular flexibility index (Phi) is 7.85. The Hall–Kier alpha value is -5.08. The van der Waals surface area contributed by atoms with E-state index in [1.165, 1.54) is 22.3 Å². The summed E-state index contributed by atoms with van der Waals surface area (Å²) < 4.78 is 0. The van der Waals surface area contributed by atoms with E-state index < -0.39 is 5.66 Å². The van der Waals surface area contributed by atoms with Crippen molar-refractivity contribution < 1.29 is 0 Å². The lowest BCUT2D eigenvalue weighted by atomic mass is 9.84. The molecule has 0 heterocycles. The maximum atomic E-state index is 2.53. The molecule has 0 aliphatic heterocycles. The lowest BCUT2D eigenvalue weighted by Crippen LogP contribution is -2.56. The van der Waals surface area contributed by atoms with E-state index in [4.69, 9.17) is 0 Å². The zero-order chi connectivity index (χ0) is 29.8. The second kappa shape index (κ2) is 12.0. The zero-order valence-electron chi connectivity index (χ0n) is 25.4. The van der Waals surface area contributed by atoms with Gasteiger partial charge in [0.25, 0.3) is 0 Å². The van der Waals surface area contributed by atoms with Crippen molar-refractivity contribution in [2.24, 2.45) is 0 Å². The Labute approximate surface area is 256 Å². The molecule has 0 unspecified atom stereocenters. The maximum Gasteiger partial charge on any atom is 0.174 e. The van der Waals surface area contributed by atoms with Gasteiger partial charge in [-0.15, -0.1) is 0 Å². The molecule has 2 nitrogen and oxygen atoms in total. The van der Waals surface area contributed by atoms with E-state index >= 15 is 0 Å². The van der Waals surface area contributed by atoms with E-state index in [0.717, 1.165) is 33.9 Å². The standard InChI is InChI=1S/C41H38N2/c1-31-15-11-23-37(27-31)42(38-24-12-16-32(2)28-38)41(35-19-7-5-8-20-35,36-21-9-6-10-22-36)43(39-25-13-17-33(3)29-39)40-26-14-18-34(4)30-40/h5-30H,1-4H3. The molecule has 0 saturated carbocycles. The molecule has 0 aromatic heterocycles. The van der Waals surface area contributed by atoms with E-state index in [1.807, 2.05) is 0 Å². The highest BCUT2D eigenvalue weighted by atomic mass is 15.4. The van der Waals surface area contributed by atoms with Crippen LogP contribution in [0.1, 0.15) is 33.4 Å². The Morgan fingerprint density at radius 3 is 0.860 bits per heavy atom. The smallest absolute Gasteiger partial charge is 0.174 e. The van der Waals surface area contributed by atoms with Crippen LogP contribution in [-0.4, -0.2) is 0 Å². The molecule has 6 aromatic rings. The number of hydrogen-bond acceptors (Lipinski definition) is 2. The van der Waals surface area contributed by atoms with Crippen molar-refractivity contribution >= 4 is 22.7 Å². The van der Waals surface area contributed by atoms with Crippen LogP contribution in [0.3, 0.4) is 0 Å². The van der Waals surface area contributed by atoms with Crippen molar-refractivity contribution in [1.29, 1.82) is 0 Å². The van der Waals surface area contributed by atoms with Crippen molar-refractivity contribution in [2.75, 3.05) is 9.80 Å². The molecule has 0 aliphatic carbocycles. The number of benzene rings is 6. The van der Waals surface area contributed by atoms with E-state index in [2.05, 4.69) is 195 Å². The van der Waals surface area contributed by atoms with Crippen LogP contribution < -0.4 is 9.80 Å². The van der Waals surface area contributed by atoms with Crippen molar-refractivity contribution in [1.82, 2.24) is 0 Å². The summed E-state index contributed by atoms with van der Waals surface area (Å²) in [4.78, 5) is 5.06. The summed E-state index contributed by atoms with van der Waals surface area (Å²) in [6.07, 6.45) is 0. The van der Waals surface area contributed by atoms with E-state index in [9.17, 15) is 0 Å². The van der Waals surface area contributed by atoms with Gasteiger partial charge in [0.1, 0.15) is 0 Å². The quantitative estimate of drug-likeness (QED) is 0.171. The molecule has 43 heavy (non-hydrogen) atoms. The highest BCUT2D eigenvalue weighted by Gasteiger charge is 2.48. The predicted molar refractivity (Wildman–Crippen MR) is 183 cm³/mol. The van der Waals surface area contributed by atoms with Crippen molar-refractivity contribution in [2.45, 2.75) is 33.4 Å². The predicted octanol–water partition coefficient (Wildman–Crippen LogP) is 10.8. The lowest BCUT2D eigenvalue weighted by molar-refractivity contribution is 0.531. The first kappa shape index (κ1) is 28.1. The third-order valence-electron chi connectivity index (χ3n) is 8.04. The van der Waals surface area contributed by atoms with Crippen LogP contribution in [0, 0.1) is 27.7 Å². The van der Waals surface area contributed by atoms with Gasteiger partial charge in [0.15, 0.2) is 5.66 Å². The van der Waals surface area contributed by atoms with Gasteiger partial charge in [0.2, 0.25) is 0 Å². The number of hydrogen-bond donors (Lipinski definition) is 0. The molecular formula is C41H38N2. The Bertz CT molecular complexity index is 1600. The molecule has 6 rings (SSSR count). The molecule has 6 aromatic carbocycles. The van der Waals surface area contributed by atoms with E-state index in [1.54, 1.807) is 0 Å². The molecule has 0 N–H and O–H groups in total. The number of anilines is 4. The first-order valence-corrected chi connectivity index (χ1v) is 14.9. The van der Waals surface area contributed by atoms with Crippen LogP contribution in [0.15, 0.2) is 158 Å². The van der Waals surface area contributed by atoms with Gasteiger partial charge in [0.05, 0.1) is 0 Å². The number of rotatable bonds is 8. The number of aryl methyl sites for hydroxylation is 4. The van der Waals surface area contributed by atoms with Crippen LogP contribution in [0.2, 0.25) is 0 Å². The van der Waals surface area contributed by atoms with Gasteiger partial charge in [0, 0.05) is 33.9 Å². The molecule has 0 atom stereocenters. The zero-order valence-corrected chi connectivity index (χ0v) is 25.4. The molecule has 0 spiro atoms. The molecule has 0 bridgehead atoms. The topological polar surface area (TPSA) is 6.48 Å². The average Bonchev–Trinajstić information content (AvgIpc) is 3.02. The third-order valence-corrected chi connectivity index (χ3v) is 8.04. The summed E-state index contributed by atoms with van der Waals surface area (Å²) in [5.74, 6) is 0. The molecule has 0 amide bonds. The fourth-order valence-electron chi connectivity index (χ4n) is 6.24. The van der Waals surface area contributed by atoms with Gasteiger partial charge in [-0.2, -0.15) is 0 Å². The fourth-order valence-corrected chi connectivity index (χ4v) is 6.24. The van der Waals surface area contributed by atoms with Gasteiger partial charge in [-0.3, -0.25) is 0 Å². The second-order valence-corrected chi connectivity index (χ2v) is 11.4. The summed E-state index contributed by atoms with van der Waals surface area (Å²) >= 11 is 0. The molecule has 0 fully saturated rings. The first-order chi connectivity index (χ1) is 21.0. The Balaban J connectivity index is 1.85. The second-order valence-electron chi connectivity index (χ2n) is 11.4. The monoisotopic (exact) mass is 558 g/mol. The molecule has 0 radical (unpaired) electrons. The minimum atomic E-state index is -0.828. The largest absolute Gasteiger partial charge is 0.310 e. The number of nitrogens with zero attached hydrogens (tertiary/aromatic N) is 2. The summed E-state index contributed by atoms with van der Waals surface area (Å²) in [5, 5.41) is 0. The summed E-state index contributed by atoms with van der Waals surface area (Å²) in [6, 6.07) is 57.4. The van der Waals surface area contributed by atoms with Crippen molar-refractivity contribution in [3.8, 4) is 0 Å². The average molecular weight is 559 g/mol. The molecule has 2 heteroatoms. The van der Waals surface area contributed by atoms with E-state index in [0.29, 0.717) is 0 Å². The van der Waals surface area contributed by atoms with Crippen molar-refractivity contribution in [3.05, 3.63) is 191 Å². The molecule has 212 valence electrons. The molecule has 0 saturated heterocycles. The van der Waals surface area contributed by atoms with Crippen LogP contribution in [0.4, 0.5) is 22.7 Å². The third kappa shape index (κ3) is 5.45. The SMILES string of the molecule is Cc1cccc(N(c2cccc(C)c2)C(c2ccccc2)(c2ccccc2)N(c2cccc(C)c2)c2cccc(C)c2)c1. The molecular weight excluding hydrogens is 520 g/mol. The minimum Gasteiger partial charge on any atom is -0.310 e. The maximum absolute atomic E-state index is 2.53. The first-order valence-electron chi connectivity index (χ1n) is 14.9. The normalized spacial score (nSPS) is 11.3. The van der Waals surface area contributed by atoms with Crippen LogP contribution >= 0.6 is 0 Å². The van der Waals surface area contributed by atoms with Crippen molar-refractivity contribution in [3.63, 3.8) is 0 Å². The minimum absolute atomic E-state index is 0.828. The summed E-state index contributed by atoms with van der Waals surface area (Å²) in [7, 11) is 0. The van der Waals surface area contributed by atoms with Gasteiger partial charge >= 0.3 is 0 Å². The van der Waals surface area contributed by atoms with Gasteiger partial charge in [-0.25, -0.2) is 0 Å². The molecule has 0 aliphatic rings. The summed E-state index contributed by atoms with van der Waals surface area (Å²) in [5.41, 5.74) is 10.8. The van der Waals surface area contributed by atoms with Gasteiger partial charge in [-0.1, -0.05) is 109 Å². The van der Waals surface area contributed by atoms with Gasteiger partial charge < -0.3 is 9.80 Å². The van der Waals surface area contributed by atoms with Crippen LogP contribution in [0.25, 0.3) is 0 Å². The van der Waals surface area contributed by atoms with Gasteiger partial charge in [-0.05, 0) is 98.5 Å². The van der Waals surface area contributed by atoms with Crippen LogP contribution in [-0.2, 0) is 5.66 Å². The Morgan fingerprint density at radius 2 is 0.605 bits per heavy atom. The van der Waals surface area contributed by atoms with Crippen LogP contribution in [0.5, 0.6) is 0 Å². The fraction of sp³-hybridized carbons (Fsp3) is 0.122. The highest BCUT2D eigenvalue weighted by Crippen LogP contribution is 2.51. The highest BCUT2D eigenvalue weighted by molar-refractivity contribution is 5.79.